The molecule has 1 N–H and O–H groups in total. The molecule has 1 unspecified atom stereocenters. The number of hydrogen-bond donors (Lipinski definition) is 1. The smallest absolute Gasteiger partial charge is 0.243 e. The van der Waals surface area contributed by atoms with Crippen molar-refractivity contribution in [3.8, 4) is 0 Å². The highest BCUT2D eigenvalue weighted by molar-refractivity contribution is 14.1. The van der Waals surface area contributed by atoms with Gasteiger partial charge in [-0.15, -0.1) is 0 Å². The lowest BCUT2D eigenvalue weighted by Crippen LogP contribution is -2.43. The summed E-state index contributed by atoms with van der Waals surface area (Å²) in [5, 5.41) is 2.91. The number of sulfonamides is 1. The fraction of sp³-hybridized carbons (Fsp3) is 0.350. The van der Waals surface area contributed by atoms with Crippen LogP contribution in [0.3, 0.4) is 0 Å². The average Bonchev–Trinajstić information content (AvgIpc) is 2.65. The molecule has 2 aromatic carbocycles. The molecule has 0 bridgehead atoms. The summed E-state index contributed by atoms with van der Waals surface area (Å²) in [4.78, 5) is 13.0. The number of nitrogens with zero attached hydrogens (tertiary/aromatic N) is 1. The Bertz CT molecular complexity index is 942. The fourth-order valence-corrected chi connectivity index (χ4v) is 5.47. The van der Waals surface area contributed by atoms with Crippen LogP contribution >= 0.6 is 22.6 Å². The third-order valence-electron chi connectivity index (χ3n) is 4.83. The average molecular weight is 498 g/mol. The Kier molecular flexibility index (Phi) is 6.22. The van der Waals surface area contributed by atoms with Gasteiger partial charge in [0.25, 0.3) is 0 Å². The number of piperidine rings is 1. The molecule has 2 aromatic rings. The van der Waals surface area contributed by atoms with Crippen molar-refractivity contribution in [1.82, 2.24) is 4.31 Å². The third kappa shape index (κ3) is 4.70. The number of carbonyl (C=O) groups is 1. The zero-order chi connectivity index (χ0) is 19.6. The van der Waals surface area contributed by atoms with Crippen LogP contribution in [0.5, 0.6) is 0 Å². The molecule has 5 nitrogen and oxygen atoms in total. The van der Waals surface area contributed by atoms with Crippen molar-refractivity contribution in [2.45, 2.75) is 31.6 Å². The van der Waals surface area contributed by atoms with Crippen LogP contribution in [0, 0.1) is 23.3 Å². The molecule has 144 valence electrons. The van der Waals surface area contributed by atoms with Gasteiger partial charge >= 0.3 is 0 Å². The molecule has 1 amide bonds. The number of nitrogens with one attached hydrogen (secondary N) is 1. The highest BCUT2D eigenvalue weighted by Gasteiger charge is 2.34. The number of aryl methyl sites for hydroxylation is 2. The molecular weight excluding hydrogens is 475 g/mol. The van der Waals surface area contributed by atoms with Gasteiger partial charge in [-0.3, -0.25) is 4.79 Å². The predicted molar refractivity (Wildman–Crippen MR) is 115 cm³/mol. The van der Waals surface area contributed by atoms with Gasteiger partial charge in [0.2, 0.25) is 15.9 Å². The van der Waals surface area contributed by atoms with Crippen molar-refractivity contribution in [1.29, 1.82) is 0 Å². The number of benzene rings is 2. The molecule has 27 heavy (non-hydrogen) atoms. The number of anilines is 1. The molecule has 1 atom stereocenters. The van der Waals surface area contributed by atoms with Crippen LogP contribution in [-0.4, -0.2) is 31.7 Å². The highest BCUT2D eigenvalue weighted by atomic mass is 127. The first kappa shape index (κ1) is 20.3. The summed E-state index contributed by atoms with van der Waals surface area (Å²) in [5.74, 6) is -0.477. The maximum Gasteiger partial charge on any atom is 0.243 e. The minimum atomic E-state index is -3.61. The van der Waals surface area contributed by atoms with Gasteiger partial charge < -0.3 is 5.32 Å². The molecule has 0 saturated carbocycles. The van der Waals surface area contributed by atoms with Crippen LogP contribution in [0.15, 0.2) is 47.4 Å². The zero-order valence-electron chi connectivity index (χ0n) is 15.4. The van der Waals surface area contributed by atoms with E-state index in [2.05, 4.69) is 27.9 Å². The van der Waals surface area contributed by atoms with E-state index in [4.69, 9.17) is 0 Å². The van der Waals surface area contributed by atoms with Gasteiger partial charge in [0, 0.05) is 22.3 Å². The third-order valence-corrected chi connectivity index (χ3v) is 7.55. The predicted octanol–water partition coefficient (Wildman–Crippen LogP) is 3.95. The van der Waals surface area contributed by atoms with E-state index in [1.165, 1.54) is 4.31 Å². The Morgan fingerprint density at radius 3 is 2.56 bits per heavy atom. The van der Waals surface area contributed by atoms with Crippen LogP contribution in [-0.2, 0) is 14.8 Å². The molecule has 3 rings (SSSR count). The van der Waals surface area contributed by atoms with Crippen molar-refractivity contribution in [2.75, 3.05) is 18.4 Å². The van der Waals surface area contributed by atoms with E-state index >= 15 is 0 Å². The fourth-order valence-electron chi connectivity index (χ4n) is 3.28. The summed E-state index contributed by atoms with van der Waals surface area (Å²) >= 11 is 2.21. The second kappa shape index (κ2) is 8.28. The van der Waals surface area contributed by atoms with Crippen LogP contribution in [0.4, 0.5) is 5.69 Å². The van der Waals surface area contributed by atoms with E-state index in [9.17, 15) is 13.2 Å². The minimum absolute atomic E-state index is 0.128. The maximum atomic E-state index is 13.1. The molecule has 0 aliphatic carbocycles. The second-order valence-corrected chi connectivity index (χ2v) is 10.1. The molecule has 1 aliphatic heterocycles. The van der Waals surface area contributed by atoms with E-state index in [1.807, 2.05) is 43.3 Å². The Hall–Kier alpha value is -1.45. The van der Waals surface area contributed by atoms with Gasteiger partial charge in [0.15, 0.2) is 0 Å². The number of carbonyl (C=O) groups excluding carboxylic acids is 1. The molecule has 1 aliphatic rings. The number of halogens is 1. The minimum Gasteiger partial charge on any atom is -0.326 e. The van der Waals surface area contributed by atoms with E-state index < -0.39 is 10.0 Å². The largest absolute Gasteiger partial charge is 0.326 e. The molecular formula is C20H23IN2O3S. The lowest BCUT2D eigenvalue weighted by atomic mass is 9.99. The van der Waals surface area contributed by atoms with Crippen LogP contribution in [0.1, 0.15) is 24.0 Å². The Morgan fingerprint density at radius 1 is 1.15 bits per heavy atom. The monoisotopic (exact) mass is 498 g/mol. The first-order chi connectivity index (χ1) is 12.8. The first-order valence-electron chi connectivity index (χ1n) is 8.91. The molecule has 1 heterocycles. The van der Waals surface area contributed by atoms with Gasteiger partial charge in [-0.2, -0.15) is 4.31 Å². The quantitative estimate of drug-likeness (QED) is 0.650. The highest BCUT2D eigenvalue weighted by Crippen LogP contribution is 2.27. The van der Waals surface area contributed by atoms with Gasteiger partial charge in [-0.05, 0) is 90.7 Å². The van der Waals surface area contributed by atoms with E-state index in [1.54, 1.807) is 13.0 Å². The number of amides is 1. The zero-order valence-corrected chi connectivity index (χ0v) is 18.4. The summed E-state index contributed by atoms with van der Waals surface area (Å²) in [6, 6.07) is 13.0. The normalized spacial score (nSPS) is 18.3. The SMILES string of the molecule is Cc1ccc(C)c(S(=O)(=O)N2CCCC(C(=O)Nc3ccc(I)cc3)C2)c1. The second-order valence-electron chi connectivity index (χ2n) is 6.97. The standard InChI is InChI=1S/C20H23IN2O3S/c1-14-5-6-15(2)19(12-14)27(25,26)23-11-3-4-16(13-23)20(24)22-18-9-7-17(21)8-10-18/h5-10,12,16H,3-4,11,13H2,1-2H3,(H,22,24). The summed E-state index contributed by atoms with van der Waals surface area (Å²) in [6.07, 6.45) is 1.36. The van der Waals surface area contributed by atoms with Crippen molar-refractivity contribution < 1.29 is 13.2 Å². The van der Waals surface area contributed by atoms with Crippen LogP contribution in [0.25, 0.3) is 0 Å². The summed E-state index contributed by atoms with van der Waals surface area (Å²) in [5.41, 5.74) is 2.37. The first-order valence-corrected chi connectivity index (χ1v) is 11.4. The van der Waals surface area contributed by atoms with Gasteiger partial charge in [0.05, 0.1) is 10.8 Å². The summed E-state index contributed by atoms with van der Waals surface area (Å²) in [6.45, 7) is 4.35. The lowest BCUT2D eigenvalue weighted by Gasteiger charge is -2.31. The summed E-state index contributed by atoms with van der Waals surface area (Å²) in [7, 11) is -3.61. The van der Waals surface area contributed by atoms with E-state index in [0.717, 1.165) is 20.4 Å². The number of hydrogen-bond acceptors (Lipinski definition) is 3. The molecule has 0 radical (unpaired) electrons. The molecule has 0 spiro atoms. The van der Waals surface area contributed by atoms with Crippen LogP contribution in [0.2, 0.25) is 0 Å². The lowest BCUT2D eigenvalue weighted by molar-refractivity contribution is -0.120. The van der Waals surface area contributed by atoms with Crippen molar-refractivity contribution in [3.63, 3.8) is 0 Å². The molecule has 0 aromatic heterocycles. The van der Waals surface area contributed by atoms with E-state index in [0.29, 0.717) is 24.3 Å². The molecule has 7 heteroatoms. The van der Waals surface area contributed by atoms with Gasteiger partial charge in [-0.1, -0.05) is 12.1 Å². The molecule has 1 saturated heterocycles. The molecule has 1 fully saturated rings. The van der Waals surface area contributed by atoms with E-state index in [-0.39, 0.29) is 18.4 Å². The topological polar surface area (TPSA) is 66.5 Å². The Balaban J connectivity index is 1.76. The van der Waals surface area contributed by atoms with Crippen molar-refractivity contribution in [3.05, 3.63) is 57.2 Å². The van der Waals surface area contributed by atoms with Gasteiger partial charge in [-0.25, -0.2) is 8.42 Å². The van der Waals surface area contributed by atoms with Crippen LogP contribution < -0.4 is 5.32 Å². The number of rotatable bonds is 4. The summed E-state index contributed by atoms with van der Waals surface area (Å²) < 4.78 is 28.8. The van der Waals surface area contributed by atoms with Gasteiger partial charge in [0.1, 0.15) is 0 Å². The van der Waals surface area contributed by atoms with Crippen molar-refractivity contribution in [2.24, 2.45) is 5.92 Å². The van der Waals surface area contributed by atoms with Crippen molar-refractivity contribution >= 4 is 44.2 Å². The Morgan fingerprint density at radius 2 is 1.85 bits per heavy atom. The maximum absolute atomic E-state index is 13.1. The Labute approximate surface area is 174 Å².